The third kappa shape index (κ3) is 4.53. The average molecular weight is 278 g/mol. The molecular weight excluding hydrogens is 252 g/mol. The second-order valence-corrected chi connectivity index (χ2v) is 5.21. The molecule has 1 unspecified atom stereocenters. The van der Waals surface area contributed by atoms with E-state index in [2.05, 4.69) is 18.3 Å². The summed E-state index contributed by atoms with van der Waals surface area (Å²) in [6, 6.07) is 8.09. The zero-order valence-electron chi connectivity index (χ0n) is 12.7. The molecule has 4 nitrogen and oxygen atoms in total. The Labute approximate surface area is 121 Å². The summed E-state index contributed by atoms with van der Waals surface area (Å²) in [6.45, 7) is 4.62. The Hall–Kier alpha value is -1.55. The number of benzene rings is 1. The molecule has 0 bridgehead atoms. The minimum atomic E-state index is -0.624. The fourth-order valence-electron chi connectivity index (χ4n) is 2.07. The van der Waals surface area contributed by atoms with Crippen molar-refractivity contribution in [2.24, 2.45) is 5.73 Å². The zero-order valence-corrected chi connectivity index (χ0v) is 12.7. The molecule has 4 heteroatoms. The smallest absolute Gasteiger partial charge is 0.237 e. The molecule has 1 atom stereocenters. The number of hydrogen-bond acceptors (Lipinski definition) is 3. The van der Waals surface area contributed by atoms with E-state index >= 15 is 0 Å². The van der Waals surface area contributed by atoms with Gasteiger partial charge in [0, 0.05) is 0 Å². The lowest BCUT2D eigenvalue weighted by molar-refractivity contribution is -0.123. The van der Waals surface area contributed by atoms with E-state index in [1.807, 2.05) is 25.1 Å². The highest BCUT2D eigenvalue weighted by Crippen LogP contribution is 2.19. The van der Waals surface area contributed by atoms with E-state index in [1.54, 1.807) is 7.05 Å². The summed E-state index contributed by atoms with van der Waals surface area (Å²) in [5.74, 6) is 0.651. The van der Waals surface area contributed by atoms with Gasteiger partial charge in [-0.2, -0.15) is 0 Å². The minimum Gasteiger partial charge on any atom is -0.493 e. The van der Waals surface area contributed by atoms with Gasteiger partial charge in [-0.25, -0.2) is 0 Å². The maximum absolute atomic E-state index is 11.3. The van der Waals surface area contributed by atoms with Crippen molar-refractivity contribution < 1.29 is 9.53 Å². The van der Waals surface area contributed by atoms with Crippen LogP contribution >= 0.6 is 0 Å². The molecule has 20 heavy (non-hydrogen) atoms. The van der Waals surface area contributed by atoms with Crippen LogP contribution in [0.5, 0.6) is 5.75 Å². The Morgan fingerprint density at radius 3 is 2.65 bits per heavy atom. The fourth-order valence-corrected chi connectivity index (χ4v) is 2.07. The highest BCUT2D eigenvalue weighted by molar-refractivity contribution is 5.84. The summed E-state index contributed by atoms with van der Waals surface area (Å²) in [7, 11) is 1.76. The van der Waals surface area contributed by atoms with Crippen LogP contribution in [0, 0.1) is 0 Å². The predicted molar refractivity (Wildman–Crippen MR) is 81.8 cm³/mol. The molecule has 0 saturated carbocycles. The van der Waals surface area contributed by atoms with Gasteiger partial charge < -0.3 is 15.8 Å². The molecule has 112 valence electrons. The van der Waals surface area contributed by atoms with Crippen LogP contribution < -0.4 is 15.8 Å². The Kier molecular flexibility index (Phi) is 6.52. The van der Waals surface area contributed by atoms with E-state index in [9.17, 15) is 4.79 Å². The van der Waals surface area contributed by atoms with Gasteiger partial charge in [0.2, 0.25) is 5.91 Å². The lowest BCUT2D eigenvalue weighted by atomic mass is 9.94. The van der Waals surface area contributed by atoms with Crippen molar-refractivity contribution >= 4 is 5.91 Å². The number of ether oxygens (including phenoxy) is 1. The molecular formula is C16H26N2O2. The summed E-state index contributed by atoms with van der Waals surface area (Å²) in [4.78, 5) is 11.3. The number of primary amides is 1. The first kappa shape index (κ1) is 16.5. The van der Waals surface area contributed by atoms with Crippen LogP contribution in [0.3, 0.4) is 0 Å². The summed E-state index contributed by atoms with van der Waals surface area (Å²) < 4.78 is 5.80. The van der Waals surface area contributed by atoms with Gasteiger partial charge in [-0.05, 0) is 51.3 Å². The van der Waals surface area contributed by atoms with Crippen LogP contribution in [-0.2, 0) is 11.2 Å². The van der Waals surface area contributed by atoms with E-state index < -0.39 is 5.54 Å². The second-order valence-electron chi connectivity index (χ2n) is 5.21. The topological polar surface area (TPSA) is 64.3 Å². The van der Waals surface area contributed by atoms with Crippen molar-refractivity contribution in [3.8, 4) is 5.75 Å². The third-order valence-electron chi connectivity index (χ3n) is 3.78. The molecule has 1 aromatic carbocycles. The highest BCUT2D eigenvalue weighted by atomic mass is 16.5. The minimum absolute atomic E-state index is 0.308. The summed E-state index contributed by atoms with van der Waals surface area (Å²) in [6.07, 6.45) is 3.49. The number of unbranched alkanes of at least 4 members (excludes halogenated alkanes) is 1. The van der Waals surface area contributed by atoms with Crippen molar-refractivity contribution in [2.75, 3.05) is 13.7 Å². The monoisotopic (exact) mass is 278 g/mol. The summed E-state index contributed by atoms with van der Waals surface area (Å²) in [5.41, 5.74) is 6.00. The SMILES string of the molecule is CCc1ccccc1OCCCCC(C)(NC)C(N)=O. The number of nitrogens with two attached hydrogens (primary N) is 1. The standard InChI is InChI=1S/C16H26N2O2/c1-4-13-9-5-6-10-14(13)20-12-8-7-11-16(2,18-3)15(17)19/h5-6,9-10,18H,4,7-8,11-12H2,1-3H3,(H2,17,19). The third-order valence-corrected chi connectivity index (χ3v) is 3.78. The molecule has 3 N–H and O–H groups in total. The van der Waals surface area contributed by atoms with Crippen LogP contribution in [0.25, 0.3) is 0 Å². The number of para-hydroxylation sites is 1. The zero-order chi connectivity index (χ0) is 15.0. The first-order chi connectivity index (χ1) is 9.53. The van der Waals surface area contributed by atoms with Crippen molar-refractivity contribution in [2.45, 2.75) is 45.1 Å². The van der Waals surface area contributed by atoms with E-state index in [0.29, 0.717) is 6.61 Å². The van der Waals surface area contributed by atoms with Gasteiger partial charge in [0.1, 0.15) is 5.75 Å². The van der Waals surface area contributed by atoms with E-state index in [-0.39, 0.29) is 5.91 Å². The van der Waals surface area contributed by atoms with Crippen LogP contribution in [0.2, 0.25) is 0 Å². The lowest BCUT2D eigenvalue weighted by Gasteiger charge is -2.25. The van der Waals surface area contributed by atoms with Gasteiger partial charge >= 0.3 is 0 Å². The Morgan fingerprint density at radius 2 is 2.05 bits per heavy atom. The van der Waals surface area contributed by atoms with Crippen LogP contribution in [0.15, 0.2) is 24.3 Å². The molecule has 0 spiro atoms. The Balaban J connectivity index is 2.34. The first-order valence-corrected chi connectivity index (χ1v) is 7.23. The molecule has 0 aliphatic heterocycles. The van der Waals surface area contributed by atoms with E-state index in [1.165, 1.54) is 5.56 Å². The number of carbonyl (C=O) groups excluding carboxylic acids is 1. The Morgan fingerprint density at radius 1 is 1.35 bits per heavy atom. The number of rotatable bonds is 9. The lowest BCUT2D eigenvalue weighted by Crippen LogP contribution is -2.51. The summed E-state index contributed by atoms with van der Waals surface area (Å²) >= 11 is 0. The number of nitrogens with one attached hydrogen (secondary N) is 1. The highest BCUT2D eigenvalue weighted by Gasteiger charge is 2.27. The number of hydrogen-bond donors (Lipinski definition) is 2. The van der Waals surface area contributed by atoms with E-state index in [0.717, 1.165) is 31.4 Å². The molecule has 0 heterocycles. The van der Waals surface area contributed by atoms with Gasteiger partial charge in [-0.3, -0.25) is 4.79 Å². The predicted octanol–water partition coefficient (Wildman–Crippen LogP) is 2.26. The van der Waals surface area contributed by atoms with E-state index in [4.69, 9.17) is 10.5 Å². The average Bonchev–Trinajstić information content (AvgIpc) is 2.46. The van der Waals surface area contributed by atoms with Gasteiger partial charge in [0.25, 0.3) is 0 Å². The summed E-state index contributed by atoms with van der Waals surface area (Å²) in [5, 5.41) is 2.99. The second kappa shape index (κ2) is 7.90. The number of carbonyl (C=O) groups is 1. The van der Waals surface area contributed by atoms with Crippen molar-refractivity contribution in [3.63, 3.8) is 0 Å². The first-order valence-electron chi connectivity index (χ1n) is 7.23. The largest absolute Gasteiger partial charge is 0.493 e. The van der Waals surface area contributed by atoms with Crippen molar-refractivity contribution in [1.82, 2.24) is 5.32 Å². The maximum Gasteiger partial charge on any atom is 0.237 e. The van der Waals surface area contributed by atoms with Gasteiger partial charge in [0.05, 0.1) is 12.1 Å². The van der Waals surface area contributed by atoms with Gasteiger partial charge in [-0.1, -0.05) is 25.1 Å². The molecule has 0 radical (unpaired) electrons. The van der Waals surface area contributed by atoms with Crippen LogP contribution in [0.1, 0.15) is 38.7 Å². The normalized spacial score (nSPS) is 13.8. The fraction of sp³-hybridized carbons (Fsp3) is 0.562. The quantitative estimate of drug-likeness (QED) is 0.681. The molecule has 1 amide bonds. The van der Waals surface area contributed by atoms with Crippen LogP contribution in [0.4, 0.5) is 0 Å². The van der Waals surface area contributed by atoms with Crippen LogP contribution in [-0.4, -0.2) is 25.1 Å². The maximum atomic E-state index is 11.3. The number of aryl methyl sites for hydroxylation is 1. The van der Waals surface area contributed by atoms with Gasteiger partial charge in [-0.15, -0.1) is 0 Å². The molecule has 0 aromatic heterocycles. The molecule has 0 fully saturated rings. The van der Waals surface area contributed by atoms with Crippen molar-refractivity contribution in [1.29, 1.82) is 0 Å². The Bertz CT molecular complexity index is 434. The molecule has 0 aliphatic carbocycles. The van der Waals surface area contributed by atoms with Gasteiger partial charge in [0.15, 0.2) is 0 Å². The number of amides is 1. The molecule has 1 aromatic rings. The van der Waals surface area contributed by atoms with Crippen molar-refractivity contribution in [3.05, 3.63) is 29.8 Å². The molecule has 0 aliphatic rings. The number of likely N-dealkylation sites (N-methyl/N-ethyl adjacent to an activating group) is 1. The molecule has 1 rings (SSSR count). The molecule has 0 saturated heterocycles.